The van der Waals surface area contributed by atoms with Gasteiger partial charge in [-0.05, 0) is 141 Å². The van der Waals surface area contributed by atoms with Crippen molar-refractivity contribution in [1.82, 2.24) is 0 Å². The fourth-order valence-electron chi connectivity index (χ4n) is 8.56. The summed E-state index contributed by atoms with van der Waals surface area (Å²) >= 11 is 0. The van der Waals surface area contributed by atoms with Gasteiger partial charge in [-0.3, -0.25) is 14.4 Å². The molecule has 1 atom stereocenters. The van der Waals surface area contributed by atoms with Gasteiger partial charge < -0.3 is 14.2 Å². The third-order valence-corrected chi connectivity index (χ3v) is 13.4. The minimum absolute atomic E-state index is 0.118. The van der Waals surface area contributed by atoms with Crippen molar-refractivity contribution >= 4 is 17.9 Å². The third-order valence-electron chi connectivity index (χ3n) is 13.4. The number of unbranched alkanes of at least 4 members (excludes halogenated alkanes) is 19. The molecule has 0 spiro atoms. The van der Waals surface area contributed by atoms with E-state index in [2.05, 4.69) is 179 Å². The first-order chi connectivity index (χ1) is 40.5. The van der Waals surface area contributed by atoms with Crippen molar-refractivity contribution < 1.29 is 28.6 Å². The fourth-order valence-corrected chi connectivity index (χ4v) is 8.56. The van der Waals surface area contributed by atoms with Crippen LogP contribution in [0.25, 0.3) is 0 Å². The predicted molar refractivity (Wildman–Crippen MR) is 357 cm³/mol. The van der Waals surface area contributed by atoms with Crippen molar-refractivity contribution in [3.05, 3.63) is 170 Å². The first kappa shape index (κ1) is 76.8. The fraction of sp³-hybridized carbons (Fsp3) is 0.592. The molecule has 0 saturated carbocycles. The van der Waals surface area contributed by atoms with E-state index in [9.17, 15) is 14.4 Å². The molecule has 0 aliphatic carbocycles. The maximum absolute atomic E-state index is 12.9. The monoisotopic (exact) mass is 1130 g/mol. The predicted octanol–water partition coefficient (Wildman–Crippen LogP) is 23.0. The van der Waals surface area contributed by atoms with Gasteiger partial charge in [0.2, 0.25) is 0 Å². The average Bonchev–Trinajstić information content (AvgIpc) is 3.47. The molecule has 1 unspecified atom stereocenters. The van der Waals surface area contributed by atoms with Gasteiger partial charge >= 0.3 is 17.9 Å². The van der Waals surface area contributed by atoms with Gasteiger partial charge in [0, 0.05) is 19.3 Å². The van der Waals surface area contributed by atoms with E-state index in [0.29, 0.717) is 19.3 Å². The molecule has 0 aromatic heterocycles. The van der Waals surface area contributed by atoms with Gasteiger partial charge in [0.15, 0.2) is 6.10 Å². The summed E-state index contributed by atoms with van der Waals surface area (Å²) in [5, 5.41) is 0. The molecule has 0 saturated heterocycles. The van der Waals surface area contributed by atoms with Crippen LogP contribution in [-0.4, -0.2) is 37.2 Å². The highest BCUT2D eigenvalue weighted by Crippen LogP contribution is 2.15. The Balaban J connectivity index is 4.34. The molecule has 0 aromatic rings. The second-order valence-electron chi connectivity index (χ2n) is 21.3. The molecule has 0 heterocycles. The zero-order chi connectivity index (χ0) is 59.2. The lowest BCUT2D eigenvalue weighted by atomic mass is 10.0. The molecular formula is C76H120O6. The SMILES string of the molecule is CC/C=C\C/C=C\C/C=C\C/C=C\C/C=C\C/C=C\C/C=C\CCCCCCCCCCCCCC(=O)OCC(COC(=O)CCCCCCC/C=C\CCCCC)OC(=O)CC/C=C\C/C=C\C/C=C\C/C=C\C/C=C\C/C=C\CC. The average molecular weight is 1130 g/mol. The van der Waals surface area contributed by atoms with Gasteiger partial charge in [-0.1, -0.05) is 281 Å². The second-order valence-corrected chi connectivity index (χ2v) is 21.3. The molecule has 6 nitrogen and oxygen atoms in total. The zero-order valence-electron chi connectivity index (χ0n) is 52.7. The standard InChI is InChI=1S/C76H120O6/c1-4-7-10-13-16-19-22-25-27-29-31-32-33-34-35-36-37-38-39-40-41-42-43-44-46-47-49-51-54-57-60-63-66-69-75(78)81-72-73(71-80-74(77)68-65-62-59-56-53-24-21-18-15-12-9-6-3)82-76(79)70-67-64-61-58-55-52-50-48-45-30-28-26-23-20-17-14-11-8-5-2/h7-8,10-11,16-21,25-28,31-32,34-35,37-38,40-41,45,48,52,55,61,64,73H,4-6,9,12-15,22-24,29-30,33,36,39,42-44,46-47,49-51,53-54,56-60,62-63,65-72H2,1-3H3/b10-7-,11-8-,19-16-,20-17-,21-18-,27-25-,28-26-,32-31-,35-34-,38-37-,41-40-,48-45-,55-52-,64-61-. The van der Waals surface area contributed by atoms with Crippen LogP contribution in [0.3, 0.4) is 0 Å². The summed E-state index contributed by atoms with van der Waals surface area (Å²) < 4.78 is 16.8. The summed E-state index contributed by atoms with van der Waals surface area (Å²) in [7, 11) is 0. The van der Waals surface area contributed by atoms with Gasteiger partial charge in [0.05, 0.1) is 0 Å². The van der Waals surface area contributed by atoms with Gasteiger partial charge in [-0.25, -0.2) is 0 Å². The molecule has 0 radical (unpaired) electrons. The number of carbonyl (C=O) groups excluding carboxylic acids is 3. The molecular weight excluding hydrogens is 1010 g/mol. The van der Waals surface area contributed by atoms with Crippen molar-refractivity contribution in [1.29, 1.82) is 0 Å². The van der Waals surface area contributed by atoms with Crippen molar-refractivity contribution in [3.63, 3.8) is 0 Å². The van der Waals surface area contributed by atoms with Crippen molar-refractivity contribution in [2.75, 3.05) is 13.2 Å². The van der Waals surface area contributed by atoms with Crippen LogP contribution < -0.4 is 0 Å². The highest BCUT2D eigenvalue weighted by molar-refractivity contribution is 5.71. The number of ether oxygens (including phenoxy) is 3. The lowest BCUT2D eigenvalue weighted by molar-refractivity contribution is -0.166. The molecule has 0 bridgehead atoms. The number of hydrogen-bond acceptors (Lipinski definition) is 6. The Morgan fingerprint density at radius 3 is 0.805 bits per heavy atom. The first-order valence-electron chi connectivity index (χ1n) is 33.1. The smallest absolute Gasteiger partial charge is 0.306 e. The van der Waals surface area contributed by atoms with Crippen LogP contribution >= 0.6 is 0 Å². The molecule has 6 heteroatoms. The van der Waals surface area contributed by atoms with Gasteiger partial charge in [0.25, 0.3) is 0 Å². The molecule has 0 N–H and O–H groups in total. The molecule has 460 valence electrons. The van der Waals surface area contributed by atoms with Crippen LogP contribution in [0.2, 0.25) is 0 Å². The minimum atomic E-state index is -0.831. The van der Waals surface area contributed by atoms with Crippen LogP contribution in [-0.2, 0) is 28.6 Å². The molecule has 0 fully saturated rings. The molecule has 82 heavy (non-hydrogen) atoms. The van der Waals surface area contributed by atoms with Crippen LogP contribution in [0.15, 0.2) is 170 Å². The normalized spacial score (nSPS) is 13.3. The van der Waals surface area contributed by atoms with E-state index in [1.165, 1.54) is 89.9 Å². The first-order valence-corrected chi connectivity index (χ1v) is 33.1. The molecule has 0 amide bonds. The van der Waals surface area contributed by atoms with Crippen molar-refractivity contribution in [3.8, 4) is 0 Å². The van der Waals surface area contributed by atoms with E-state index in [-0.39, 0.29) is 31.6 Å². The Labute approximate surface area is 504 Å². The lowest BCUT2D eigenvalue weighted by Crippen LogP contribution is -2.30. The Bertz CT molecular complexity index is 1870. The molecule has 0 aliphatic rings. The summed E-state index contributed by atoms with van der Waals surface area (Å²) in [6.07, 6.45) is 101. The Morgan fingerprint density at radius 1 is 0.256 bits per heavy atom. The van der Waals surface area contributed by atoms with Crippen LogP contribution in [0.5, 0.6) is 0 Å². The number of carbonyl (C=O) groups is 3. The second kappa shape index (κ2) is 68.3. The summed E-state index contributed by atoms with van der Waals surface area (Å²) in [6.45, 7) is 6.31. The number of esters is 3. The van der Waals surface area contributed by atoms with Gasteiger partial charge in [-0.15, -0.1) is 0 Å². The zero-order valence-corrected chi connectivity index (χ0v) is 52.7. The Kier molecular flexibility index (Phi) is 63.9. The van der Waals surface area contributed by atoms with E-state index in [0.717, 1.165) is 135 Å². The highest BCUT2D eigenvalue weighted by Gasteiger charge is 2.19. The largest absolute Gasteiger partial charge is 0.462 e. The minimum Gasteiger partial charge on any atom is -0.462 e. The van der Waals surface area contributed by atoms with Crippen molar-refractivity contribution in [2.24, 2.45) is 0 Å². The van der Waals surface area contributed by atoms with E-state index in [1.54, 1.807) is 0 Å². The third kappa shape index (κ3) is 65.6. The lowest BCUT2D eigenvalue weighted by Gasteiger charge is -2.18. The maximum atomic E-state index is 12.9. The van der Waals surface area contributed by atoms with Crippen molar-refractivity contribution in [2.45, 2.75) is 277 Å². The van der Waals surface area contributed by atoms with Crippen LogP contribution in [0, 0.1) is 0 Å². The summed E-state index contributed by atoms with van der Waals surface area (Å²) in [5.41, 5.74) is 0. The summed E-state index contributed by atoms with van der Waals surface area (Å²) in [4.78, 5) is 38.3. The maximum Gasteiger partial charge on any atom is 0.306 e. The van der Waals surface area contributed by atoms with Gasteiger partial charge in [0.1, 0.15) is 13.2 Å². The number of rotatable bonds is 58. The van der Waals surface area contributed by atoms with E-state index in [1.807, 2.05) is 12.2 Å². The van der Waals surface area contributed by atoms with Crippen LogP contribution in [0.1, 0.15) is 271 Å². The van der Waals surface area contributed by atoms with Crippen LogP contribution in [0.4, 0.5) is 0 Å². The highest BCUT2D eigenvalue weighted by atomic mass is 16.6. The quantitative estimate of drug-likeness (QED) is 0.0261. The van der Waals surface area contributed by atoms with Gasteiger partial charge in [-0.2, -0.15) is 0 Å². The summed E-state index contributed by atoms with van der Waals surface area (Å²) in [6, 6.07) is 0. The van der Waals surface area contributed by atoms with E-state index < -0.39 is 12.1 Å². The Morgan fingerprint density at radius 2 is 0.500 bits per heavy atom. The number of allylic oxidation sites excluding steroid dienone is 28. The molecule has 0 aromatic carbocycles. The van der Waals surface area contributed by atoms with E-state index in [4.69, 9.17) is 14.2 Å². The molecule has 0 rings (SSSR count). The van der Waals surface area contributed by atoms with E-state index >= 15 is 0 Å². The topological polar surface area (TPSA) is 78.9 Å². The number of hydrogen-bond donors (Lipinski definition) is 0. The summed E-state index contributed by atoms with van der Waals surface area (Å²) in [5.74, 6) is -1.02. The Hall–Kier alpha value is -5.23. The molecule has 0 aliphatic heterocycles.